The summed E-state index contributed by atoms with van der Waals surface area (Å²) in [5.41, 5.74) is 0.183. The molecule has 21 heavy (non-hydrogen) atoms. The molecule has 108 valence electrons. The number of amides is 1. The minimum atomic E-state index is -0.625. The molecule has 2 N–H and O–H groups in total. The standard InChI is InChI=1S/C14H12N2O4S/c17-7-9(10-3-1-5-19-10)16-14(18)12-13(20-8-15-12)11-4-2-6-21-11/h1-6,8-9,17H,7H2,(H,16,18). The zero-order valence-electron chi connectivity index (χ0n) is 10.9. The Labute approximate surface area is 124 Å². The predicted molar refractivity (Wildman–Crippen MR) is 75.8 cm³/mol. The summed E-state index contributed by atoms with van der Waals surface area (Å²) in [6.45, 7) is -0.272. The van der Waals surface area contributed by atoms with E-state index >= 15 is 0 Å². The lowest BCUT2D eigenvalue weighted by Crippen LogP contribution is -2.31. The van der Waals surface area contributed by atoms with Crippen molar-refractivity contribution >= 4 is 17.2 Å². The molecule has 0 saturated heterocycles. The molecular weight excluding hydrogens is 292 g/mol. The van der Waals surface area contributed by atoms with E-state index in [-0.39, 0.29) is 12.3 Å². The number of aliphatic hydroxyl groups excluding tert-OH is 1. The highest BCUT2D eigenvalue weighted by atomic mass is 32.1. The molecule has 7 heteroatoms. The summed E-state index contributed by atoms with van der Waals surface area (Å²) in [7, 11) is 0. The fourth-order valence-corrected chi connectivity index (χ4v) is 2.63. The van der Waals surface area contributed by atoms with Crippen LogP contribution in [-0.4, -0.2) is 22.6 Å². The van der Waals surface area contributed by atoms with Crippen molar-refractivity contribution in [3.63, 3.8) is 0 Å². The molecule has 3 aromatic rings. The lowest BCUT2D eigenvalue weighted by atomic mass is 10.2. The number of aliphatic hydroxyl groups is 1. The van der Waals surface area contributed by atoms with Crippen molar-refractivity contribution in [2.45, 2.75) is 6.04 Å². The molecule has 0 saturated carbocycles. The van der Waals surface area contributed by atoms with Gasteiger partial charge in [0.05, 0.1) is 17.7 Å². The largest absolute Gasteiger partial charge is 0.467 e. The van der Waals surface area contributed by atoms with E-state index in [9.17, 15) is 9.90 Å². The van der Waals surface area contributed by atoms with Crippen molar-refractivity contribution in [3.8, 4) is 10.6 Å². The number of hydrogen-bond donors (Lipinski definition) is 2. The summed E-state index contributed by atoms with van der Waals surface area (Å²) in [6, 6.07) is 6.46. The first-order valence-corrected chi connectivity index (χ1v) is 7.10. The third-order valence-corrected chi connectivity index (χ3v) is 3.77. The molecule has 3 rings (SSSR count). The van der Waals surface area contributed by atoms with Crippen molar-refractivity contribution < 1.29 is 18.7 Å². The van der Waals surface area contributed by atoms with Crippen LogP contribution in [0.5, 0.6) is 0 Å². The van der Waals surface area contributed by atoms with Crippen LogP contribution < -0.4 is 5.32 Å². The Morgan fingerprint density at radius 1 is 1.38 bits per heavy atom. The highest BCUT2D eigenvalue weighted by Gasteiger charge is 2.23. The lowest BCUT2D eigenvalue weighted by Gasteiger charge is -2.13. The molecule has 0 aliphatic heterocycles. The quantitative estimate of drug-likeness (QED) is 0.756. The Balaban J connectivity index is 1.82. The third kappa shape index (κ3) is 2.74. The summed E-state index contributed by atoms with van der Waals surface area (Å²) in [6.07, 6.45) is 2.71. The zero-order valence-corrected chi connectivity index (χ0v) is 11.7. The molecule has 0 fully saturated rings. The van der Waals surface area contributed by atoms with Crippen LogP contribution in [0.3, 0.4) is 0 Å². The molecule has 1 unspecified atom stereocenters. The van der Waals surface area contributed by atoms with E-state index in [4.69, 9.17) is 8.83 Å². The van der Waals surface area contributed by atoms with Crippen molar-refractivity contribution in [2.75, 3.05) is 6.61 Å². The lowest BCUT2D eigenvalue weighted by molar-refractivity contribution is 0.0903. The van der Waals surface area contributed by atoms with E-state index < -0.39 is 11.9 Å². The first kappa shape index (κ1) is 13.6. The van der Waals surface area contributed by atoms with Crippen molar-refractivity contribution in [1.29, 1.82) is 0 Å². The maximum Gasteiger partial charge on any atom is 0.274 e. The van der Waals surface area contributed by atoms with Crippen molar-refractivity contribution in [1.82, 2.24) is 10.3 Å². The zero-order chi connectivity index (χ0) is 14.7. The molecule has 0 aliphatic rings. The van der Waals surface area contributed by atoms with Gasteiger partial charge >= 0.3 is 0 Å². The number of aromatic nitrogens is 1. The average Bonchev–Trinajstić information content (AvgIpc) is 3.25. The molecule has 3 heterocycles. The highest BCUT2D eigenvalue weighted by Crippen LogP contribution is 2.27. The molecule has 0 bridgehead atoms. The fraction of sp³-hybridized carbons (Fsp3) is 0.143. The van der Waals surface area contributed by atoms with Crippen LogP contribution in [0, 0.1) is 0 Å². The number of hydrogen-bond acceptors (Lipinski definition) is 6. The van der Waals surface area contributed by atoms with Gasteiger partial charge in [-0.05, 0) is 23.6 Å². The number of rotatable bonds is 5. The number of oxazole rings is 1. The molecule has 6 nitrogen and oxygen atoms in total. The molecule has 1 amide bonds. The van der Waals surface area contributed by atoms with Gasteiger partial charge in [0.25, 0.3) is 5.91 Å². The van der Waals surface area contributed by atoms with E-state index in [0.717, 1.165) is 4.88 Å². The first-order valence-electron chi connectivity index (χ1n) is 6.22. The number of carbonyl (C=O) groups is 1. The number of nitrogens with one attached hydrogen (secondary N) is 1. The first-order chi connectivity index (χ1) is 10.3. The van der Waals surface area contributed by atoms with Gasteiger partial charge in [0, 0.05) is 0 Å². The Hall–Kier alpha value is -2.38. The molecule has 3 aromatic heterocycles. The number of thiophene rings is 1. The Morgan fingerprint density at radius 2 is 2.29 bits per heavy atom. The van der Waals surface area contributed by atoms with Gasteiger partial charge in [-0.15, -0.1) is 11.3 Å². The van der Waals surface area contributed by atoms with E-state index in [1.54, 1.807) is 12.1 Å². The predicted octanol–water partition coefficient (Wildman–Crippen LogP) is 2.46. The van der Waals surface area contributed by atoms with Gasteiger partial charge in [-0.1, -0.05) is 6.07 Å². The molecular formula is C14H12N2O4S. The smallest absolute Gasteiger partial charge is 0.274 e. The van der Waals surface area contributed by atoms with Gasteiger partial charge < -0.3 is 19.3 Å². The minimum Gasteiger partial charge on any atom is -0.467 e. The number of carbonyl (C=O) groups excluding carboxylic acids is 1. The van der Waals surface area contributed by atoms with Gasteiger partial charge in [0.2, 0.25) is 0 Å². The van der Waals surface area contributed by atoms with Crippen LogP contribution in [-0.2, 0) is 0 Å². The summed E-state index contributed by atoms with van der Waals surface area (Å²) < 4.78 is 10.5. The van der Waals surface area contributed by atoms with E-state index in [0.29, 0.717) is 11.5 Å². The second kappa shape index (κ2) is 5.94. The highest BCUT2D eigenvalue weighted by molar-refractivity contribution is 7.13. The fourth-order valence-electron chi connectivity index (χ4n) is 1.91. The monoisotopic (exact) mass is 304 g/mol. The van der Waals surface area contributed by atoms with Gasteiger partial charge in [0.1, 0.15) is 11.8 Å². The Kier molecular flexibility index (Phi) is 3.85. The second-order valence-corrected chi connectivity index (χ2v) is 5.18. The average molecular weight is 304 g/mol. The SMILES string of the molecule is O=C(NC(CO)c1ccco1)c1ncoc1-c1cccs1. The van der Waals surface area contributed by atoms with Crippen molar-refractivity contribution in [2.24, 2.45) is 0 Å². The van der Waals surface area contributed by atoms with Crippen LogP contribution in [0.4, 0.5) is 0 Å². The van der Waals surface area contributed by atoms with Gasteiger partial charge in [-0.2, -0.15) is 0 Å². The Morgan fingerprint density at radius 3 is 2.95 bits per heavy atom. The minimum absolute atomic E-state index is 0.183. The van der Waals surface area contributed by atoms with E-state index in [1.807, 2.05) is 17.5 Å². The molecule has 0 aromatic carbocycles. The normalized spacial score (nSPS) is 12.2. The van der Waals surface area contributed by atoms with Crippen LogP contribution in [0.1, 0.15) is 22.3 Å². The van der Waals surface area contributed by atoms with Crippen LogP contribution in [0.2, 0.25) is 0 Å². The van der Waals surface area contributed by atoms with Crippen LogP contribution >= 0.6 is 11.3 Å². The Bertz CT molecular complexity index is 703. The number of nitrogens with zero attached hydrogens (tertiary/aromatic N) is 1. The summed E-state index contributed by atoms with van der Waals surface area (Å²) >= 11 is 1.45. The van der Waals surface area contributed by atoms with Gasteiger partial charge in [-0.3, -0.25) is 4.79 Å². The van der Waals surface area contributed by atoms with Crippen LogP contribution in [0.25, 0.3) is 10.6 Å². The molecule has 0 radical (unpaired) electrons. The van der Waals surface area contributed by atoms with E-state index in [1.165, 1.54) is 24.0 Å². The molecule has 0 spiro atoms. The maximum absolute atomic E-state index is 12.3. The van der Waals surface area contributed by atoms with Gasteiger partial charge in [0.15, 0.2) is 17.8 Å². The van der Waals surface area contributed by atoms with Crippen molar-refractivity contribution in [3.05, 3.63) is 53.8 Å². The third-order valence-electron chi connectivity index (χ3n) is 2.90. The molecule has 1 atom stereocenters. The topological polar surface area (TPSA) is 88.5 Å². The number of furan rings is 1. The van der Waals surface area contributed by atoms with E-state index in [2.05, 4.69) is 10.3 Å². The van der Waals surface area contributed by atoms with Crippen LogP contribution in [0.15, 0.2) is 51.1 Å². The summed E-state index contributed by atoms with van der Waals surface area (Å²) in [5, 5.41) is 13.9. The molecule has 0 aliphatic carbocycles. The second-order valence-electron chi connectivity index (χ2n) is 4.23. The van der Waals surface area contributed by atoms with Gasteiger partial charge in [-0.25, -0.2) is 4.98 Å². The maximum atomic E-state index is 12.3. The summed E-state index contributed by atoms with van der Waals surface area (Å²) in [4.78, 5) is 17.1. The summed E-state index contributed by atoms with van der Waals surface area (Å²) in [5.74, 6) is 0.466.